The van der Waals surface area contributed by atoms with Crippen LogP contribution in [0.2, 0.25) is 0 Å². The Morgan fingerprint density at radius 3 is 2.24 bits per heavy atom. The maximum absolute atomic E-state index is 12.8. The molecule has 0 aliphatic carbocycles. The lowest BCUT2D eigenvalue weighted by molar-refractivity contribution is -0.145. The average Bonchev–Trinajstić information content (AvgIpc) is 2.58. The second-order valence-corrected chi connectivity index (χ2v) is 7.02. The first-order valence-electron chi connectivity index (χ1n) is 8.40. The van der Waals surface area contributed by atoms with E-state index < -0.39 is 5.41 Å². The van der Waals surface area contributed by atoms with Gasteiger partial charge in [0, 0.05) is 19.3 Å². The molecule has 0 spiro atoms. The summed E-state index contributed by atoms with van der Waals surface area (Å²) in [7, 11) is 1.72. The highest BCUT2D eigenvalue weighted by molar-refractivity contribution is 6.09. The first kappa shape index (κ1) is 18.7. The summed E-state index contributed by atoms with van der Waals surface area (Å²) in [6.45, 7) is 7.81. The monoisotopic (exact) mass is 338 g/mol. The third kappa shape index (κ3) is 4.47. The van der Waals surface area contributed by atoms with E-state index in [1.165, 1.54) is 0 Å². The topological polar surface area (TPSA) is 49.4 Å². The molecule has 0 unspecified atom stereocenters. The Bertz CT molecular complexity index is 767. The minimum absolute atomic E-state index is 0.210. The van der Waals surface area contributed by atoms with Gasteiger partial charge >= 0.3 is 0 Å². The second-order valence-electron chi connectivity index (χ2n) is 7.02. The van der Waals surface area contributed by atoms with Crippen LogP contribution in [-0.2, 0) is 16.1 Å². The zero-order chi connectivity index (χ0) is 18.6. The number of nitrogens with zero attached hydrogens (tertiary/aromatic N) is 1. The first-order valence-corrected chi connectivity index (χ1v) is 8.40. The minimum atomic E-state index is -1.15. The number of hydrogen-bond donors (Lipinski definition) is 1. The summed E-state index contributed by atoms with van der Waals surface area (Å²) in [6.07, 6.45) is 0. The summed E-state index contributed by atoms with van der Waals surface area (Å²) in [5.74, 6) is -0.515. The number of benzene rings is 2. The van der Waals surface area contributed by atoms with Crippen LogP contribution in [0, 0.1) is 19.3 Å². The molecule has 0 saturated heterocycles. The fraction of sp³-hybridized carbons (Fsp3) is 0.333. The molecule has 0 atom stereocenters. The number of hydrogen-bond acceptors (Lipinski definition) is 2. The molecule has 2 aromatic carbocycles. The summed E-state index contributed by atoms with van der Waals surface area (Å²) in [5.41, 5.74) is 2.85. The molecule has 0 heterocycles. The van der Waals surface area contributed by atoms with Gasteiger partial charge in [0.1, 0.15) is 5.41 Å². The van der Waals surface area contributed by atoms with E-state index in [4.69, 9.17) is 0 Å². The van der Waals surface area contributed by atoms with E-state index in [9.17, 15) is 9.59 Å². The summed E-state index contributed by atoms with van der Waals surface area (Å²) >= 11 is 0. The highest BCUT2D eigenvalue weighted by atomic mass is 16.2. The summed E-state index contributed by atoms with van der Waals surface area (Å²) in [6, 6.07) is 15.5. The number of carbonyl (C=O) groups excluding carboxylic acids is 2. The van der Waals surface area contributed by atoms with E-state index in [1.807, 2.05) is 62.4 Å². The number of rotatable bonds is 5. The molecular weight excluding hydrogens is 312 g/mol. The normalized spacial score (nSPS) is 11.1. The van der Waals surface area contributed by atoms with Crippen LogP contribution in [0.5, 0.6) is 0 Å². The molecular formula is C21H26N2O2. The molecule has 1 N–H and O–H groups in total. The van der Waals surface area contributed by atoms with Crippen molar-refractivity contribution in [3.63, 3.8) is 0 Å². The molecule has 0 bridgehead atoms. The number of aryl methyl sites for hydroxylation is 2. The van der Waals surface area contributed by atoms with Gasteiger partial charge in [0.2, 0.25) is 11.8 Å². The van der Waals surface area contributed by atoms with Gasteiger partial charge < -0.3 is 10.2 Å². The molecule has 2 rings (SSSR count). The molecule has 132 valence electrons. The zero-order valence-electron chi connectivity index (χ0n) is 15.6. The molecule has 0 aromatic heterocycles. The SMILES string of the molecule is Cc1ccc(NC(=O)C(C)(C)C(=O)N(C)Cc2ccccc2)cc1C. The largest absolute Gasteiger partial charge is 0.341 e. The van der Waals surface area contributed by atoms with E-state index in [0.29, 0.717) is 12.2 Å². The fourth-order valence-corrected chi connectivity index (χ4v) is 2.61. The Kier molecular flexibility index (Phi) is 5.62. The number of amides is 2. The lowest BCUT2D eigenvalue weighted by Gasteiger charge is -2.28. The predicted octanol–water partition coefficient (Wildman–Crippen LogP) is 3.93. The maximum Gasteiger partial charge on any atom is 0.239 e. The molecule has 0 radical (unpaired) electrons. The van der Waals surface area contributed by atoms with Gasteiger partial charge in [0.25, 0.3) is 0 Å². The van der Waals surface area contributed by atoms with E-state index in [0.717, 1.165) is 16.7 Å². The third-order valence-electron chi connectivity index (χ3n) is 4.48. The molecule has 2 aromatic rings. The van der Waals surface area contributed by atoms with Gasteiger partial charge in [0.15, 0.2) is 0 Å². The van der Waals surface area contributed by atoms with Crippen molar-refractivity contribution in [2.24, 2.45) is 5.41 Å². The van der Waals surface area contributed by atoms with Gasteiger partial charge in [-0.2, -0.15) is 0 Å². The van der Waals surface area contributed by atoms with Gasteiger partial charge in [-0.1, -0.05) is 36.4 Å². The lowest BCUT2D eigenvalue weighted by Crippen LogP contribution is -2.45. The minimum Gasteiger partial charge on any atom is -0.341 e. The lowest BCUT2D eigenvalue weighted by atomic mass is 9.90. The van der Waals surface area contributed by atoms with E-state index >= 15 is 0 Å². The van der Waals surface area contributed by atoms with Gasteiger partial charge in [-0.25, -0.2) is 0 Å². The van der Waals surface area contributed by atoms with Crippen molar-refractivity contribution in [3.05, 3.63) is 65.2 Å². The number of carbonyl (C=O) groups is 2. The van der Waals surface area contributed by atoms with Crippen LogP contribution >= 0.6 is 0 Å². The predicted molar refractivity (Wildman–Crippen MR) is 101 cm³/mol. The van der Waals surface area contributed by atoms with Crippen molar-refractivity contribution >= 4 is 17.5 Å². The van der Waals surface area contributed by atoms with Crippen molar-refractivity contribution < 1.29 is 9.59 Å². The van der Waals surface area contributed by atoms with Crippen LogP contribution in [0.25, 0.3) is 0 Å². The van der Waals surface area contributed by atoms with E-state index in [1.54, 1.807) is 25.8 Å². The average molecular weight is 338 g/mol. The van der Waals surface area contributed by atoms with Crippen molar-refractivity contribution in [2.75, 3.05) is 12.4 Å². The quantitative estimate of drug-likeness (QED) is 0.840. The van der Waals surface area contributed by atoms with Crippen molar-refractivity contribution in [2.45, 2.75) is 34.2 Å². The number of nitrogens with one attached hydrogen (secondary N) is 1. The molecule has 0 saturated carbocycles. The van der Waals surface area contributed by atoms with Gasteiger partial charge in [-0.05, 0) is 56.5 Å². The smallest absolute Gasteiger partial charge is 0.239 e. The van der Waals surface area contributed by atoms with Gasteiger partial charge in [-0.15, -0.1) is 0 Å². The van der Waals surface area contributed by atoms with E-state index in [2.05, 4.69) is 5.32 Å². The summed E-state index contributed by atoms with van der Waals surface area (Å²) in [5, 5.41) is 2.86. The molecule has 2 amide bonds. The van der Waals surface area contributed by atoms with Crippen LogP contribution in [0.1, 0.15) is 30.5 Å². The standard InChI is InChI=1S/C21H26N2O2/c1-15-11-12-18(13-16(15)2)22-19(24)21(3,4)20(25)23(5)14-17-9-7-6-8-10-17/h6-13H,14H2,1-5H3,(H,22,24). The Morgan fingerprint density at radius 1 is 1.00 bits per heavy atom. The fourth-order valence-electron chi connectivity index (χ4n) is 2.61. The molecule has 4 nitrogen and oxygen atoms in total. The Morgan fingerprint density at radius 2 is 1.64 bits per heavy atom. The van der Waals surface area contributed by atoms with Crippen LogP contribution in [-0.4, -0.2) is 23.8 Å². The highest BCUT2D eigenvalue weighted by Crippen LogP contribution is 2.23. The summed E-state index contributed by atoms with van der Waals surface area (Å²) in [4.78, 5) is 27.0. The number of anilines is 1. The van der Waals surface area contributed by atoms with E-state index in [-0.39, 0.29) is 11.8 Å². The zero-order valence-corrected chi connectivity index (χ0v) is 15.6. The molecule has 0 aliphatic rings. The Hall–Kier alpha value is -2.62. The van der Waals surface area contributed by atoms with Crippen LogP contribution in [0.15, 0.2) is 48.5 Å². The van der Waals surface area contributed by atoms with Crippen molar-refractivity contribution in [1.29, 1.82) is 0 Å². The van der Waals surface area contributed by atoms with Gasteiger partial charge in [-0.3, -0.25) is 9.59 Å². The molecule has 0 fully saturated rings. The first-order chi connectivity index (χ1) is 11.7. The molecule has 25 heavy (non-hydrogen) atoms. The Labute approximate surface area is 149 Å². The van der Waals surface area contributed by atoms with Crippen molar-refractivity contribution in [1.82, 2.24) is 4.90 Å². The highest BCUT2D eigenvalue weighted by Gasteiger charge is 2.38. The maximum atomic E-state index is 12.8. The van der Waals surface area contributed by atoms with Crippen LogP contribution in [0.4, 0.5) is 5.69 Å². The van der Waals surface area contributed by atoms with Crippen LogP contribution in [0.3, 0.4) is 0 Å². The van der Waals surface area contributed by atoms with Crippen LogP contribution < -0.4 is 5.32 Å². The third-order valence-corrected chi connectivity index (χ3v) is 4.48. The molecule has 0 aliphatic heterocycles. The molecule has 4 heteroatoms. The van der Waals surface area contributed by atoms with Gasteiger partial charge in [0.05, 0.1) is 0 Å². The summed E-state index contributed by atoms with van der Waals surface area (Å²) < 4.78 is 0. The second kappa shape index (κ2) is 7.51. The Balaban J connectivity index is 2.08. The van der Waals surface area contributed by atoms with Crippen molar-refractivity contribution in [3.8, 4) is 0 Å².